The maximum absolute atomic E-state index is 6.11. The zero-order valence-corrected chi connectivity index (χ0v) is 16.3. The summed E-state index contributed by atoms with van der Waals surface area (Å²) in [6, 6.07) is 37.8. The minimum atomic E-state index is 0.911. The molecule has 0 fully saturated rings. The first-order valence-electron chi connectivity index (χ1n) is 10.1. The Balaban J connectivity index is 1.56. The molecule has 6 rings (SSSR count). The third kappa shape index (κ3) is 2.66. The molecular formula is C28H19NO. The molecule has 0 amide bonds. The van der Waals surface area contributed by atoms with E-state index in [9.17, 15) is 0 Å². The van der Waals surface area contributed by atoms with E-state index in [0.717, 1.165) is 38.9 Å². The molecule has 0 aliphatic rings. The topological polar surface area (TPSA) is 25.2 Å². The van der Waals surface area contributed by atoms with Gasteiger partial charge in [-0.25, -0.2) is 0 Å². The van der Waals surface area contributed by atoms with E-state index < -0.39 is 0 Å². The monoisotopic (exact) mass is 385 g/mol. The Morgan fingerprint density at radius 3 is 2.07 bits per heavy atom. The fourth-order valence-electron chi connectivity index (χ4n) is 4.31. The largest absolute Gasteiger partial charge is 0.456 e. The second kappa shape index (κ2) is 6.78. The number of rotatable bonds is 3. The molecule has 30 heavy (non-hydrogen) atoms. The van der Waals surface area contributed by atoms with Crippen LogP contribution in [-0.4, -0.2) is 0 Å². The van der Waals surface area contributed by atoms with Crippen molar-refractivity contribution in [3.63, 3.8) is 0 Å². The van der Waals surface area contributed by atoms with E-state index in [4.69, 9.17) is 4.42 Å². The fraction of sp³-hybridized carbons (Fsp3) is 0. The normalized spacial score (nSPS) is 11.3. The predicted octanol–water partition coefficient (Wildman–Crippen LogP) is 8.15. The number of benzene rings is 5. The summed E-state index contributed by atoms with van der Waals surface area (Å²) in [6.45, 7) is 0. The summed E-state index contributed by atoms with van der Waals surface area (Å²) in [7, 11) is 0. The second-order valence-electron chi connectivity index (χ2n) is 7.47. The number of para-hydroxylation sites is 2. The van der Waals surface area contributed by atoms with Gasteiger partial charge in [0.25, 0.3) is 0 Å². The van der Waals surface area contributed by atoms with E-state index in [2.05, 4.69) is 96.3 Å². The molecule has 0 spiro atoms. The third-order valence-electron chi connectivity index (χ3n) is 5.68. The van der Waals surface area contributed by atoms with Gasteiger partial charge >= 0.3 is 0 Å². The van der Waals surface area contributed by atoms with Crippen molar-refractivity contribution in [1.29, 1.82) is 0 Å². The standard InChI is InChI=1S/C28H19NO/c1-2-11-20-19(9-1)10-7-16-24(20)29-25-15-5-3-12-21(25)22-14-8-18-27-28(22)23-13-4-6-17-26(23)30-27/h1-18,29H. The van der Waals surface area contributed by atoms with Gasteiger partial charge in [-0.3, -0.25) is 0 Å². The van der Waals surface area contributed by atoms with Crippen LogP contribution in [0.5, 0.6) is 0 Å². The van der Waals surface area contributed by atoms with Crippen LogP contribution in [-0.2, 0) is 0 Å². The van der Waals surface area contributed by atoms with Gasteiger partial charge in [0.15, 0.2) is 0 Å². The van der Waals surface area contributed by atoms with Crippen LogP contribution in [0, 0.1) is 0 Å². The van der Waals surface area contributed by atoms with Crippen LogP contribution >= 0.6 is 0 Å². The molecule has 0 atom stereocenters. The van der Waals surface area contributed by atoms with Crippen molar-refractivity contribution < 1.29 is 4.42 Å². The quantitative estimate of drug-likeness (QED) is 0.332. The van der Waals surface area contributed by atoms with Crippen LogP contribution < -0.4 is 5.32 Å². The van der Waals surface area contributed by atoms with Crippen molar-refractivity contribution in [2.45, 2.75) is 0 Å². The zero-order valence-electron chi connectivity index (χ0n) is 16.3. The van der Waals surface area contributed by atoms with Crippen molar-refractivity contribution in [2.75, 3.05) is 5.32 Å². The summed E-state index contributed by atoms with van der Waals surface area (Å²) < 4.78 is 6.11. The van der Waals surface area contributed by atoms with Gasteiger partial charge in [-0.15, -0.1) is 0 Å². The molecular weight excluding hydrogens is 366 g/mol. The number of anilines is 2. The van der Waals surface area contributed by atoms with Crippen molar-refractivity contribution in [3.8, 4) is 11.1 Å². The van der Waals surface area contributed by atoms with Crippen LogP contribution in [0.2, 0.25) is 0 Å². The number of hydrogen-bond donors (Lipinski definition) is 1. The Morgan fingerprint density at radius 2 is 1.10 bits per heavy atom. The van der Waals surface area contributed by atoms with Crippen molar-refractivity contribution in [1.82, 2.24) is 0 Å². The van der Waals surface area contributed by atoms with Gasteiger partial charge in [-0.05, 0) is 35.2 Å². The fourth-order valence-corrected chi connectivity index (χ4v) is 4.31. The van der Waals surface area contributed by atoms with Gasteiger partial charge in [0, 0.05) is 33.1 Å². The lowest BCUT2D eigenvalue weighted by Gasteiger charge is -2.15. The molecule has 0 unspecified atom stereocenters. The molecule has 1 heterocycles. The van der Waals surface area contributed by atoms with Gasteiger partial charge in [-0.1, -0.05) is 84.9 Å². The summed E-state index contributed by atoms with van der Waals surface area (Å²) in [6.07, 6.45) is 0. The number of hydrogen-bond acceptors (Lipinski definition) is 2. The highest BCUT2D eigenvalue weighted by atomic mass is 16.3. The summed E-state index contributed by atoms with van der Waals surface area (Å²) in [4.78, 5) is 0. The first-order valence-corrected chi connectivity index (χ1v) is 10.1. The van der Waals surface area contributed by atoms with Crippen LogP contribution in [0.15, 0.2) is 114 Å². The molecule has 142 valence electrons. The van der Waals surface area contributed by atoms with Crippen molar-refractivity contribution in [3.05, 3.63) is 109 Å². The number of nitrogens with one attached hydrogen (secondary N) is 1. The maximum atomic E-state index is 6.11. The first-order chi connectivity index (χ1) is 14.9. The first kappa shape index (κ1) is 16.9. The van der Waals surface area contributed by atoms with Gasteiger partial charge in [0.1, 0.15) is 11.2 Å². The molecule has 0 radical (unpaired) electrons. The van der Waals surface area contributed by atoms with E-state index in [-0.39, 0.29) is 0 Å². The van der Waals surface area contributed by atoms with Gasteiger partial charge in [0.2, 0.25) is 0 Å². The third-order valence-corrected chi connectivity index (χ3v) is 5.68. The molecule has 5 aromatic carbocycles. The molecule has 0 saturated carbocycles. The van der Waals surface area contributed by atoms with E-state index in [0.29, 0.717) is 0 Å². The van der Waals surface area contributed by atoms with Gasteiger partial charge < -0.3 is 9.73 Å². The van der Waals surface area contributed by atoms with Crippen LogP contribution in [0.4, 0.5) is 11.4 Å². The Labute approximate surface area is 174 Å². The Bertz CT molecular complexity index is 1520. The molecule has 1 N–H and O–H groups in total. The summed E-state index contributed by atoms with van der Waals surface area (Å²) in [5.41, 5.74) is 6.33. The van der Waals surface area contributed by atoms with Crippen LogP contribution in [0.1, 0.15) is 0 Å². The summed E-state index contributed by atoms with van der Waals surface area (Å²) in [5.74, 6) is 0. The highest BCUT2D eigenvalue weighted by Crippen LogP contribution is 2.40. The Kier molecular flexibility index (Phi) is 3.82. The second-order valence-corrected chi connectivity index (χ2v) is 7.47. The lowest BCUT2D eigenvalue weighted by atomic mass is 9.97. The van der Waals surface area contributed by atoms with E-state index in [1.54, 1.807) is 0 Å². The molecule has 1 aromatic heterocycles. The maximum Gasteiger partial charge on any atom is 0.136 e. The minimum absolute atomic E-state index is 0.911. The van der Waals surface area contributed by atoms with Gasteiger partial charge in [-0.2, -0.15) is 0 Å². The number of furan rings is 1. The zero-order chi connectivity index (χ0) is 19.9. The highest BCUT2D eigenvalue weighted by molar-refractivity contribution is 6.13. The average Bonchev–Trinajstić information content (AvgIpc) is 3.19. The molecule has 0 saturated heterocycles. The smallest absolute Gasteiger partial charge is 0.136 e. The highest BCUT2D eigenvalue weighted by Gasteiger charge is 2.14. The van der Waals surface area contributed by atoms with Crippen molar-refractivity contribution in [2.24, 2.45) is 0 Å². The van der Waals surface area contributed by atoms with Crippen molar-refractivity contribution >= 4 is 44.1 Å². The van der Waals surface area contributed by atoms with Crippen LogP contribution in [0.25, 0.3) is 43.8 Å². The molecule has 0 bridgehead atoms. The Morgan fingerprint density at radius 1 is 0.467 bits per heavy atom. The van der Waals surface area contributed by atoms with E-state index in [1.165, 1.54) is 16.3 Å². The minimum Gasteiger partial charge on any atom is -0.456 e. The molecule has 2 nitrogen and oxygen atoms in total. The van der Waals surface area contributed by atoms with E-state index >= 15 is 0 Å². The Hall–Kier alpha value is -4.04. The van der Waals surface area contributed by atoms with Gasteiger partial charge in [0.05, 0.1) is 0 Å². The summed E-state index contributed by atoms with van der Waals surface area (Å²) in [5, 5.41) is 8.42. The molecule has 6 aromatic rings. The van der Waals surface area contributed by atoms with Crippen LogP contribution in [0.3, 0.4) is 0 Å². The molecule has 0 aliphatic heterocycles. The lowest BCUT2D eigenvalue weighted by Crippen LogP contribution is -1.94. The van der Waals surface area contributed by atoms with E-state index in [1.807, 2.05) is 18.2 Å². The molecule has 0 aliphatic carbocycles. The molecule has 2 heteroatoms. The predicted molar refractivity (Wildman–Crippen MR) is 126 cm³/mol. The lowest BCUT2D eigenvalue weighted by molar-refractivity contribution is 0.669. The SMILES string of the molecule is c1ccc(-c2cccc3oc4ccccc4c23)c(Nc2cccc3ccccc23)c1. The summed E-state index contributed by atoms with van der Waals surface area (Å²) >= 11 is 0. The average molecular weight is 385 g/mol. The number of fused-ring (bicyclic) bond motifs is 4.